The van der Waals surface area contributed by atoms with E-state index >= 15 is 4.39 Å². The zero-order chi connectivity index (χ0) is 28.3. The van der Waals surface area contributed by atoms with Crippen LogP contribution in [0.3, 0.4) is 0 Å². The van der Waals surface area contributed by atoms with Crippen molar-refractivity contribution in [1.82, 2.24) is 9.88 Å². The molecule has 9 heteroatoms. The highest BCUT2D eigenvalue weighted by Crippen LogP contribution is 2.45. The highest BCUT2D eigenvalue weighted by Gasteiger charge is 2.51. The molecule has 3 aliphatic rings. The van der Waals surface area contributed by atoms with Crippen LogP contribution in [0.5, 0.6) is 0 Å². The number of nitrogens with zero attached hydrogens (tertiary/aromatic N) is 2. The van der Waals surface area contributed by atoms with Gasteiger partial charge in [0.05, 0.1) is 48.7 Å². The molecule has 0 saturated carbocycles. The molecule has 3 saturated heterocycles. The van der Waals surface area contributed by atoms with Gasteiger partial charge in [0.2, 0.25) is 5.91 Å². The normalized spacial score (nSPS) is 24.5. The Morgan fingerprint density at radius 2 is 1.78 bits per heavy atom. The van der Waals surface area contributed by atoms with Crippen LogP contribution in [0.2, 0.25) is 0 Å². The Labute approximate surface area is 239 Å². The van der Waals surface area contributed by atoms with Crippen LogP contribution in [-0.2, 0) is 14.3 Å². The summed E-state index contributed by atoms with van der Waals surface area (Å²) in [4.78, 5) is 34.0. The molecule has 2 unspecified atom stereocenters. The van der Waals surface area contributed by atoms with E-state index in [2.05, 4.69) is 15.6 Å². The second kappa shape index (κ2) is 12.0. The number of ether oxygens (including phenoxy) is 2. The second-order valence-corrected chi connectivity index (χ2v) is 11.2. The van der Waals surface area contributed by atoms with Gasteiger partial charge >= 0.3 is 0 Å². The molecule has 0 spiro atoms. The SMILES string of the molecule is Cc1cccc(F)c1C(=O)N1C(c2ccc(NC3CCOCC3)cc2)C(C(=O)Nc2cccnc2)C[C@@H]2COC[C@@H]21. The van der Waals surface area contributed by atoms with Gasteiger partial charge in [-0.2, -0.15) is 0 Å². The van der Waals surface area contributed by atoms with Gasteiger partial charge in [0.25, 0.3) is 5.91 Å². The maximum absolute atomic E-state index is 15.2. The molecule has 214 valence electrons. The first-order valence-corrected chi connectivity index (χ1v) is 14.3. The molecule has 2 N–H and O–H groups in total. The molecule has 41 heavy (non-hydrogen) atoms. The fourth-order valence-corrected chi connectivity index (χ4v) is 6.45. The van der Waals surface area contributed by atoms with Crippen molar-refractivity contribution >= 4 is 23.2 Å². The first-order chi connectivity index (χ1) is 20.0. The minimum Gasteiger partial charge on any atom is -0.382 e. The van der Waals surface area contributed by atoms with Crippen LogP contribution in [0, 0.1) is 24.6 Å². The number of fused-ring (bicyclic) bond motifs is 1. The van der Waals surface area contributed by atoms with Crippen LogP contribution < -0.4 is 10.6 Å². The van der Waals surface area contributed by atoms with Crippen molar-refractivity contribution in [2.24, 2.45) is 11.8 Å². The maximum Gasteiger partial charge on any atom is 0.257 e. The molecule has 0 bridgehead atoms. The number of anilines is 2. The summed E-state index contributed by atoms with van der Waals surface area (Å²) < 4.78 is 26.5. The van der Waals surface area contributed by atoms with E-state index in [1.807, 2.05) is 24.3 Å². The van der Waals surface area contributed by atoms with Gasteiger partial charge in [0.15, 0.2) is 0 Å². The van der Waals surface area contributed by atoms with Gasteiger partial charge in [-0.15, -0.1) is 0 Å². The summed E-state index contributed by atoms with van der Waals surface area (Å²) in [6.45, 7) is 4.01. The van der Waals surface area contributed by atoms with Crippen LogP contribution in [-0.4, -0.2) is 60.2 Å². The Morgan fingerprint density at radius 3 is 2.51 bits per heavy atom. The number of benzene rings is 2. The van der Waals surface area contributed by atoms with E-state index < -0.39 is 23.7 Å². The molecule has 1 aromatic heterocycles. The number of nitrogens with one attached hydrogen (secondary N) is 2. The summed E-state index contributed by atoms with van der Waals surface area (Å²) in [6, 6.07) is 15.6. The van der Waals surface area contributed by atoms with Gasteiger partial charge in [-0.1, -0.05) is 24.3 Å². The largest absolute Gasteiger partial charge is 0.382 e. The van der Waals surface area contributed by atoms with Gasteiger partial charge in [-0.3, -0.25) is 14.6 Å². The number of piperidine rings is 1. The fourth-order valence-electron chi connectivity index (χ4n) is 6.45. The summed E-state index contributed by atoms with van der Waals surface area (Å²) in [5.41, 5.74) is 2.97. The lowest BCUT2D eigenvalue weighted by molar-refractivity contribution is -0.124. The third-order valence-corrected chi connectivity index (χ3v) is 8.54. The first kappa shape index (κ1) is 27.4. The number of hydrogen-bond acceptors (Lipinski definition) is 6. The number of aryl methyl sites for hydroxylation is 1. The Hall–Kier alpha value is -3.82. The molecule has 0 aliphatic carbocycles. The predicted molar refractivity (Wildman–Crippen MR) is 153 cm³/mol. The number of likely N-dealkylation sites (tertiary alicyclic amines) is 1. The second-order valence-electron chi connectivity index (χ2n) is 11.2. The Balaban J connectivity index is 1.38. The van der Waals surface area contributed by atoms with Crippen LogP contribution in [0.4, 0.5) is 15.8 Å². The number of rotatable bonds is 6. The first-order valence-electron chi connectivity index (χ1n) is 14.3. The van der Waals surface area contributed by atoms with Crippen molar-refractivity contribution in [3.05, 3.63) is 89.5 Å². The van der Waals surface area contributed by atoms with Crippen molar-refractivity contribution in [2.45, 2.75) is 44.3 Å². The van der Waals surface area contributed by atoms with Gasteiger partial charge in [-0.25, -0.2) is 4.39 Å². The molecule has 3 aliphatic heterocycles. The number of carbonyl (C=O) groups is 2. The minimum atomic E-state index is -0.613. The van der Waals surface area contributed by atoms with Crippen molar-refractivity contribution in [3.63, 3.8) is 0 Å². The number of amides is 2. The van der Waals surface area contributed by atoms with E-state index in [1.54, 1.807) is 48.5 Å². The molecule has 2 amide bonds. The van der Waals surface area contributed by atoms with E-state index in [1.165, 1.54) is 6.07 Å². The summed E-state index contributed by atoms with van der Waals surface area (Å²) in [5.74, 6) is -1.82. The summed E-state index contributed by atoms with van der Waals surface area (Å²) in [7, 11) is 0. The van der Waals surface area contributed by atoms with E-state index in [0.717, 1.165) is 37.3 Å². The third-order valence-electron chi connectivity index (χ3n) is 8.54. The van der Waals surface area contributed by atoms with Gasteiger partial charge < -0.3 is 25.0 Å². The molecular weight excluding hydrogens is 523 g/mol. The summed E-state index contributed by atoms with van der Waals surface area (Å²) >= 11 is 0. The maximum atomic E-state index is 15.2. The summed E-state index contributed by atoms with van der Waals surface area (Å²) in [6.07, 6.45) is 5.67. The summed E-state index contributed by atoms with van der Waals surface area (Å²) in [5, 5.41) is 6.57. The molecule has 6 rings (SSSR count). The average Bonchev–Trinajstić information content (AvgIpc) is 3.46. The van der Waals surface area contributed by atoms with Crippen molar-refractivity contribution in [2.75, 3.05) is 37.1 Å². The molecule has 3 fully saturated rings. The molecule has 0 radical (unpaired) electrons. The highest BCUT2D eigenvalue weighted by molar-refractivity contribution is 5.98. The molecule has 3 aromatic rings. The Bertz CT molecular complexity index is 1360. The lowest BCUT2D eigenvalue weighted by Crippen LogP contribution is -2.55. The Morgan fingerprint density at radius 1 is 0.976 bits per heavy atom. The van der Waals surface area contributed by atoms with Crippen LogP contribution in [0.15, 0.2) is 67.0 Å². The molecule has 4 atom stereocenters. The zero-order valence-corrected chi connectivity index (χ0v) is 23.1. The molecular formula is C32H35FN4O4. The van der Waals surface area contributed by atoms with E-state index in [-0.39, 0.29) is 23.4 Å². The van der Waals surface area contributed by atoms with Crippen molar-refractivity contribution in [1.29, 1.82) is 0 Å². The molecule has 2 aromatic carbocycles. The quantitative estimate of drug-likeness (QED) is 0.444. The van der Waals surface area contributed by atoms with Crippen molar-refractivity contribution < 1.29 is 23.5 Å². The predicted octanol–water partition coefficient (Wildman–Crippen LogP) is 4.98. The van der Waals surface area contributed by atoms with Gasteiger partial charge in [0, 0.05) is 37.1 Å². The van der Waals surface area contributed by atoms with Crippen molar-refractivity contribution in [3.8, 4) is 0 Å². The smallest absolute Gasteiger partial charge is 0.257 e. The van der Waals surface area contributed by atoms with E-state index in [0.29, 0.717) is 36.9 Å². The van der Waals surface area contributed by atoms with E-state index in [9.17, 15) is 9.59 Å². The lowest BCUT2D eigenvalue weighted by atomic mass is 9.76. The molecule has 4 heterocycles. The van der Waals surface area contributed by atoms with Crippen LogP contribution in [0.25, 0.3) is 0 Å². The monoisotopic (exact) mass is 558 g/mol. The van der Waals surface area contributed by atoms with Gasteiger partial charge in [-0.05, 0) is 67.6 Å². The number of halogens is 1. The lowest BCUT2D eigenvalue weighted by Gasteiger charge is -2.47. The van der Waals surface area contributed by atoms with Crippen LogP contribution >= 0.6 is 0 Å². The standard InChI is InChI=1S/C32H35FN4O4/c1-20-4-2-6-27(33)29(20)32(39)37-28-19-41-18-22(28)16-26(31(38)36-25-5-3-13-34-17-25)30(37)21-7-9-23(10-8-21)35-24-11-14-40-15-12-24/h2-10,13,17,22,24,26,28,30,35H,11-12,14-16,18-19H2,1H3,(H,36,38)/t22-,26?,28+,30?/m1/s1. The third kappa shape index (κ3) is 5.69. The molecule has 8 nitrogen and oxygen atoms in total. The van der Waals surface area contributed by atoms with E-state index in [4.69, 9.17) is 9.47 Å². The average molecular weight is 559 g/mol. The Kier molecular flexibility index (Phi) is 7.98. The number of aromatic nitrogens is 1. The fraction of sp³-hybridized carbons (Fsp3) is 0.406. The zero-order valence-electron chi connectivity index (χ0n) is 23.1. The number of pyridine rings is 1. The van der Waals surface area contributed by atoms with Gasteiger partial charge in [0.1, 0.15) is 5.82 Å². The minimum absolute atomic E-state index is 0.0364. The van der Waals surface area contributed by atoms with Crippen LogP contribution in [0.1, 0.15) is 46.8 Å². The number of hydrogen-bond donors (Lipinski definition) is 2. The number of carbonyl (C=O) groups excluding carboxylic acids is 2. The topological polar surface area (TPSA) is 92.8 Å². The highest BCUT2D eigenvalue weighted by atomic mass is 19.1.